The predicted octanol–water partition coefficient (Wildman–Crippen LogP) is 5.45. The van der Waals surface area contributed by atoms with Gasteiger partial charge >= 0.3 is 0 Å². The zero-order chi connectivity index (χ0) is 13.5. The zero-order valence-electron chi connectivity index (χ0n) is 13.1. The second kappa shape index (κ2) is 15.0. The van der Waals surface area contributed by atoms with Crippen LogP contribution in [0.5, 0.6) is 0 Å². The van der Waals surface area contributed by atoms with E-state index in [1.807, 2.05) is 0 Å². The van der Waals surface area contributed by atoms with Crippen molar-refractivity contribution in [1.82, 2.24) is 4.90 Å². The summed E-state index contributed by atoms with van der Waals surface area (Å²) in [4.78, 5) is 2.70. The lowest BCUT2D eigenvalue weighted by molar-refractivity contribution is 0.256. The van der Waals surface area contributed by atoms with Gasteiger partial charge in [0.2, 0.25) is 0 Å². The van der Waals surface area contributed by atoms with Crippen LogP contribution < -0.4 is 0 Å². The highest BCUT2D eigenvalue weighted by atomic mass is 15.1. The molecule has 0 fully saturated rings. The first-order valence-corrected chi connectivity index (χ1v) is 8.36. The molecule has 0 bridgehead atoms. The van der Waals surface area contributed by atoms with Gasteiger partial charge in [-0.25, -0.2) is 0 Å². The minimum absolute atomic E-state index is 1.11. The van der Waals surface area contributed by atoms with E-state index in [1.54, 1.807) is 0 Å². The van der Waals surface area contributed by atoms with E-state index >= 15 is 0 Å². The lowest BCUT2D eigenvalue weighted by Crippen LogP contribution is -2.27. The molecule has 0 aromatic carbocycles. The Morgan fingerprint density at radius 2 is 1.06 bits per heavy atom. The van der Waals surface area contributed by atoms with Gasteiger partial charge in [0.15, 0.2) is 0 Å². The van der Waals surface area contributed by atoms with Crippen molar-refractivity contribution in [3.63, 3.8) is 0 Å². The van der Waals surface area contributed by atoms with Crippen LogP contribution in [0.4, 0.5) is 0 Å². The number of rotatable bonds is 14. The van der Waals surface area contributed by atoms with Gasteiger partial charge < -0.3 is 4.90 Å². The van der Waals surface area contributed by atoms with Gasteiger partial charge in [-0.3, -0.25) is 0 Å². The van der Waals surface area contributed by atoms with Gasteiger partial charge in [0.05, 0.1) is 0 Å². The fraction of sp³-hybridized carbons (Fsp3) is 0.941. The molecule has 0 aromatic rings. The van der Waals surface area contributed by atoms with Crippen LogP contribution in [0.3, 0.4) is 0 Å². The second-order valence-electron chi connectivity index (χ2n) is 5.52. The van der Waals surface area contributed by atoms with E-state index in [0.29, 0.717) is 0 Å². The van der Waals surface area contributed by atoms with E-state index in [9.17, 15) is 0 Å². The average Bonchev–Trinajstić information content (AvgIpc) is 2.38. The second-order valence-corrected chi connectivity index (χ2v) is 5.52. The number of unbranched alkanes of at least 4 members (excludes halogenated alkanes) is 8. The van der Waals surface area contributed by atoms with Gasteiger partial charge in [-0.2, -0.15) is 0 Å². The van der Waals surface area contributed by atoms with Gasteiger partial charge in [-0.15, -0.1) is 0 Å². The molecule has 0 saturated carbocycles. The standard InChI is InChI=1S/C17H36N/c1-4-7-10-11-14-17-18(15-12-8-5-2)16-13-9-6-3/h1,4-17H2,2-3H3. The van der Waals surface area contributed by atoms with Gasteiger partial charge in [0.25, 0.3) is 0 Å². The maximum absolute atomic E-state index is 3.91. The molecule has 0 aliphatic rings. The minimum Gasteiger partial charge on any atom is -0.303 e. The van der Waals surface area contributed by atoms with E-state index in [4.69, 9.17) is 0 Å². The van der Waals surface area contributed by atoms with Crippen molar-refractivity contribution in [2.45, 2.75) is 84.5 Å². The van der Waals surface area contributed by atoms with Crippen LogP contribution in [0.1, 0.15) is 84.5 Å². The van der Waals surface area contributed by atoms with Crippen LogP contribution in [0.15, 0.2) is 0 Å². The summed E-state index contributed by atoms with van der Waals surface area (Å²) in [5.41, 5.74) is 0. The van der Waals surface area contributed by atoms with Crippen molar-refractivity contribution in [1.29, 1.82) is 0 Å². The summed E-state index contributed by atoms with van der Waals surface area (Å²) in [5.74, 6) is 0. The van der Waals surface area contributed by atoms with Crippen LogP contribution in [0.25, 0.3) is 0 Å². The fourth-order valence-corrected chi connectivity index (χ4v) is 2.37. The smallest absolute Gasteiger partial charge is 0.00187 e. The highest BCUT2D eigenvalue weighted by molar-refractivity contribution is 4.59. The molecule has 0 atom stereocenters. The predicted molar refractivity (Wildman–Crippen MR) is 83.9 cm³/mol. The van der Waals surface area contributed by atoms with Crippen LogP contribution in [-0.2, 0) is 0 Å². The molecule has 0 spiro atoms. The summed E-state index contributed by atoms with van der Waals surface area (Å²) in [7, 11) is 0. The molecule has 0 amide bonds. The monoisotopic (exact) mass is 254 g/mol. The molecule has 0 rings (SSSR count). The summed E-state index contributed by atoms with van der Waals surface area (Å²) >= 11 is 0. The first-order valence-electron chi connectivity index (χ1n) is 8.36. The number of nitrogens with zero attached hydrogens (tertiary/aromatic N) is 1. The molecule has 0 N–H and O–H groups in total. The molecule has 1 nitrogen and oxygen atoms in total. The Labute approximate surface area is 116 Å². The average molecular weight is 254 g/mol. The largest absolute Gasteiger partial charge is 0.303 e. The van der Waals surface area contributed by atoms with Crippen molar-refractivity contribution >= 4 is 0 Å². The maximum atomic E-state index is 3.91. The van der Waals surface area contributed by atoms with Gasteiger partial charge in [0.1, 0.15) is 0 Å². The van der Waals surface area contributed by atoms with Gasteiger partial charge in [-0.05, 0) is 38.9 Å². The van der Waals surface area contributed by atoms with Gasteiger partial charge in [0, 0.05) is 0 Å². The molecule has 1 heteroatoms. The quantitative estimate of drug-likeness (QED) is 0.372. The van der Waals surface area contributed by atoms with Crippen LogP contribution in [0.2, 0.25) is 0 Å². The molecule has 109 valence electrons. The highest BCUT2D eigenvalue weighted by Crippen LogP contribution is 2.07. The molecular weight excluding hydrogens is 218 g/mol. The third kappa shape index (κ3) is 12.4. The minimum atomic E-state index is 1.11. The van der Waals surface area contributed by atoms with Crippen molar-refractivity contribution < 1.29 is 0 Å². The van der Waals surface area contributed by atoms with Crippen LogP contribution in [-0.4, -0.2) is 24.5 Å². The zero-order valence-corrected chi connectivity index (χ0v) is 13.1. The van der Waals surface area contributed by atoms with E-state index in [2.05, 4.69) is 25.7 Å². The van der Waals surface area contributed by atoms with E-state index in [0.717, 1.165) is 6.42 Å². The molecule has 0 saturated heterocycles. The Hall–Kier alpha value is -0.0400. The Morgan fingerprint density at radius 1 is 0.611 bits per heavy atom. The lowest BCUT2D eigenvalue weighted by Gasteiger charge is -2.22. The van der Waals surface area contributed by atoms with Crippen molar-refractivity contribution in [2.24, 2.45) is 0 Å². The molecule has 1 radical (unpaired) electrons. The molecule has 0 aliphatic carbocycles. The number of hydrogen-bond acceptors (Lipinski definition) is 1. The summed E-state index contributed by atoms with van der Waals surface area (Å²) in [5, 5.41) is 0. The molecular formula is C17H36N. The molecule has 0 aliphatic heterocycles. The van der Waals surface area contributed by atoms with E-state index in [1.165, 1.54) is 83.8 Å². The third-order valence-electron chi connectivity index (χ3n) is 3.63. The maximum Gasteiger partial charge on any atom is -0.00187 e. The van der Waals surface area contributed by atoms with Crippen molar-refractivity contribution in [3.05, 3.63) is 6.92 Å². The van der Waals surface area contributed by atoms with Crippen molar-refractivity contribution in [2.75, 3.05) is 19.6 Å². The van der Waals surface area contributed by atoms with Crippen molar-refractivity contribution in [3.8, 4) is 0 Å². The van der Waals surface area contributed by atoms with Gasteiger partial charge in [-0.1, -0.05) is 72.1 Å². The Bertz CT molecular complexity index is 135. The highest BCUT2D eigenvalue weighted by Gasteiger charge is 2.03. The normalized spacial score (nSPS) is 11.3. The van der Waals surface area contributed by atoms with Crippen LogP contribution >= 0.6 is 0 Å². The molecule has 18 heavy (non-hydrogen) atoms. The first kappa shape index (κ1) is 18.0. The Kier molecular flexibility index (Phi) is 15.0. The summed E-state index contributed by atoms with van der Waals surface area (Å²) in [6, 6.07) is 0. The Morgan fingerprint density at radius 3 is 1.50 bits per heavy atom. The summed E-state index contributed by atoms with van der Waals surface area (Å²) in [6.45, 7) is 12.5. The molecule has 0 heterocycles. The Balaban J connectivity index is 3.60. The van der Waals surface area contributed by atoms with E-state index < -0.39 is 0 Å². The first-order chi connectivity index (χ1) is 8.85. The van der Waals surface area contributed by atoms with E-state index in [-0.39, 0.29) is 0 Å². The summed E-state index contributed by atoms with van der Waals surface area (Å²) in [6.07, 6.45) is 14.8. The number of hydrogen-bond donors (Lipinski definition) is 0. The fourth-order valence-electron chi connectivity index (χ4n) is 2.37. The summed E-state index contributed by atoms with van der Waals surface area (Å²) < 4.78 is 0. The lowest BCUT2D eigenvalue weighted by atomic mass is 10.1. The SMILES string of the molecule is [CH2]CCCCCCN(CCCCC)CCCCC. The molecule has 0 aromatic heterocycles. The van der Waals surface area contributed by atoms with Crippen LogP contribution in [0, 0.1) is 6.92 Å². The topological polar surface area (TPSA) is 3.24 Å². The third-order valence-corrected chi connectivity index (χ3v) is 3.63. The molecule has 0 unspecified atom stereocenters.